The maximum absolute atomic E-state index is 5.22. The molecule has 0 N–H and O–H groups in total. The first-order valence-corrected chi connectivity index (χ1v) is 12.5. The Labute approximate surface area is 188 Å². The Morgan fingerprint density at radius 3 is 1.66 bits per heavy atom. The monoisotopic (exact) mass is 454 g/mol. The second kappa shape index (κ2) is 8.16. The van der Waals surface area contributed by atoms with Gasteiger partial charge in [-0.15, -0.1) is 0 Å². The summed E-state index contributed by atoms with van der Waals surface area (Å²) in [5.41, 5.74) is 5.65. The highest BCUT2D eigenvalue weighted by Gasteiger charge is 2.35. The van der Waals surface area contributed by atoms with Crippen LogP contribution in [0.1, 0.15) is 48.0 Å². The number of rotatable bonds is 4. The lowest BCUT2D eigenvalue weighted by Crippen LogP contribution is -2.33. The molecule has 170 valence electrons. The molecule has 1 aliphatic heterocycles. The second-order valence-corrected chi connectivity index (χ2v) is 10.3. The molecule has 0 radical (unpaired) electrons. The number of nitrogens with zero attached hydrogens (tertiary/aromatic N) is 10. The van der Waals surface area contributed by atoms with Crippen molar-refractivity contribution in [1.82, 2.24) is 33.8 Å². The summed E-state index contributed by atoms with van der Waals surface area (Å²) in [5.74, 6) is 1.13. The zero-order valence-corrected chi connectivity index (χ0v) is 21.0. The van der Waals surface area contributed by atoms with Crippen LogP contribution in [0.2, 0.25) is 0 Å². The Bertz CT molecular complexity index is 1230. The van der Waals surface area contributed by atoms with Gasteiger partial charge >= 0.3 is 7.51 Å². The molecule has 0 aromatic carbocycles. The summed E-state index contributed by atoms with van der Waals surface area (Å²) in [6, 6.07) is 6.11. The van der Waals surface area contributed by atoms with Crippen molar-refractivity contribution in [3.8, 4) is 0 Å². The van der Waals surface area contributed by atoms with Gasteiger partial charge in [-0.3, -0.25) is 0 Å². The first-order chi connectivity index (χ1) is 15.2. The van der Waals surface area contributed by atoms with Crippen molar-refractivity contribution in [2.45, 2.75) is 55.4 Å². The van der Waals surface area contributed by atoms with Crippen LogP contribution in [0.3, 0.4) is 0 Å². The van der Waals surface area contributed by atoms with Crippen molar-refractivity contribution in [1.29, 1.82) is 0 Å². The van der Waals surface area contributed by atoms with Gasteiger partial charge in [-0.25, -0.2) is 4.68 Å². The predicted octanol–water partition coefficient (Wildman–Crippen LogP) is 4.08. The molecule has 4 rings (SSSR count). The molecule has 10 nitrogen and oxygen atoms in total. The Hall–Kier alpha value is -3.00. The number of aromatic nitrogens is 6. The van der Waals surface area contributed by atoms with Gasteiger partial charge < -0.3 is 4.90 Å². The van der Waals surface area contributed by atoms with Gasteiger partial charge in [-0.1, -0.05) is 0 Å². The van der Waals surface area contributed by atoms with Crippen LogP contribution in [0.25, 0.3) is 0 Å². The maximum Gasteiger partial charge on any atom is 0.314 e. The summed E-state index contributed by atoms with van der Waals surface area (Å²) < 4.78 is 16.1. The quantitative estimate of drug-likeness (QED) is 0.555. The first-order valence-electron chi connectivity index (χ1n) is 10.9. The molecule has 0 saturated carbocycles. The fourth-order valence-electron chi connectivity index (χ4n) is 3.99. The smallest absolute Gasteiger partial charge is 0.314 e. The zero-order valence-electron chi connectivity index (χ0n) is 20.1. The van der Waals surface area contributed by atoms with E-state index in [4.69, 9.17) is 24.7 Å². The molecule has 3 aromatic rings. The minimum absolute atomic E-state index is 0.501. The van der Waals surface area contributed by atoms with E-state index in [9.17, 15) is 0 Å². The van der Waals surface area contributed by atoms with Crippen LogP contribution in [0.5, 0.6) is 0 Å². The molecule has 0 aliphatic carbocycles. The Morgan fingerprint density at radius 1 is 0.750 bits per heavy atom. The minimum Gasteiger partial charge on any atom is -0.341 e. The summed E-state index contributed by atoms with van der Waals surface area (Å²) in [7, 11) is -2.91. The second-order valence-electron chi connectivity index (χ2n) is 8.09. The molecule has 0 spiro atoms. The number of aryl methyl sites for hydroxylation is 6. The van der Waals surface area contributed by atoms with Crippen LogP contribution in [0, 0.1) is 41.5 Å². The highest BCUT2D eigenvalue weighted by Crippen LogP contribution is 2.56. The average Bonchev–Trinajstić information content (AvgIpc) is 3.38. The largest absolute Gasteiger partial charge is 0.341 e. The maximum atomic E-state index is 5.22. The lowest BCUT2D eigenvalue weighted by Gasteiger charge is -2.29. The molecule has 0 bridgehead atoms. The van der Waals surface area contributed by atoms with Crippen molar-refractivity contribution in [2.24, 2.45) is 14.5 Å². The SMILES string of the molecule is CCN(CC)C1=NC(n2nc(C)cc2C)=NP(n2nc(C)cc2C)(n2nc(C)cc2C)=N1. The van der Waals surface area contributed by atoms with E-state index in [-0.39, 0.29) is 0 Å². The third-order valence-corrected chi connectivity index (χ3v) is 8.09. The van der Waals surface area contributed by atoms with Crippen LogP contribution in [0.4, 0.5) is 0 Å². The van der Waals surface area contributed by atoms with Gasteiger partial charge in [0.05, 0.1) is 17.1 Å². The van der Waals surface area contributed by atoms with Crippen molar-refractivity contribution in [2.75, 3.05) is 13.1 Å². The highest BCUT2D eigenvalue weighted by molar-refractivity contribution is 7.62. The van der Waals surface area contributed by atoms with Gasteiger partial charge in [0.1, 0.15) is 0 Å². The molecule has 0 atom stereocenters. The van der Waals surface area contributed by atoms with Gasteiger partial charge in [0.2, 0.25) is 5.96 Å². The third-order valence-electron chi connectivity index (χ3n) is 5.37. The number of guanidine groups is 1. The van der Waals surface area contributed by atoms with Gasteiger partial charge in [0.25, 0.3) is 5.96 Å². The lowest BCUT2D eigenvalue weighted by molar-refractivity contribution is 0.461. The van der Waals surface area contributed by atoms with E-state index in [1.54, 1.807) is 4.68 Å². The van der Waals surface area contributed by atoms with E-state index in [1.807, 2.05) is 68.6 Å². The molecular formula is C21H31N10P. The van der Waals surface area contributed by atoms with Crippen molar-refractivity contribution in [3.63, 3.8) is 0 Å². The molecule has 0 amide bonds. The van der Waals surface area contributed by atoms with E-state index >= 15 is 0 Å². The van der Waals surface area contributed by atoms with Crippen LogP contribution < -0.4 is 0 Å². The zero-order chi connectivity index (χ0) is 23.2. The number of hydrogen-bond acceptors (Lipinski definition) is 7. The van der Waals surface area contributed by atoms with E-state index in [2.05, 4.69) is 23.8 Å². The highest BCUT2D eigenvalue weighted by atomic mass is 31.2. The summed E-state index contributed by atoms with van der Waals surface area (Å²) in [4.78, 5) is 6.99. The minimum atomic E-state index is -2.91. The molecule has 0 fully saturated rings. The normalized spacial score (nSPS) is 15.4. The van der Waals surface area contributed by atoms with E-state index in [0.717, 1.165) is 47.3 Å². The fraction of sp³-hybridized carbons (Fsp3) is 0.476. The Balaban J connectivity index is 2.13. The molecule has 1 aliphatic rings. The summed E-state index contributed by atoms with van der Waals surface area (Å²) >= 11 is 0. The Morgan fingerprint density at radius 2 is 1.25 bits per heavy atom. The van der Waals surface area contributed by atoms with Crippen LogP contribution in [-0.4, -0.2) is 58.8 Å². The van der Waals surface area contributed by atoms with Crippen molar-refractivity contribution >= 4 is 19.4 Å². The van der Waals surface area contributed by atoms with Crippen LogP contribution >= 0.6 is 7.51 Å². The summed E-state index contributed by atoms with van der Waals surface area (Å²) in [5, 5.41) is 14.3. The molecule has 0 unspecified atom stereocenters. The van der Waals surface area contributed by atoms with Gasteiger partial charge in [-0.05, 0) is 73.6 Å². The lowest BCUT2D eigenvalue weighted by atomic mass is 10.4. The third kappa shape index (κ3) is 3.62. The van der Waals surface area contributed by atoms with E-state index in [1.165, 1.54) is 0 Å². The van der Waals surface area contributed by atoms with Gasteiger partial charge in [0, 0.05) is 30.2 Å². The van der Waals surface area contributed by atoms with Gasteiger partial charge in [0.15, 0.2) is 0 Å². The predicted molar refractivity (Wildman–Crippen MR) is 128 cm³/mol. The topological polar surface area (TPSA) is 93.8 Å². The summed E-state index contributed by atoms with van der Waals surface area (Å²) in [6.07, 6.45) is 0. The summed E-state index contributed by atoms with van der Waals surface area (Å²) in [6.45, 7) is 17.8. The Kier molecular flexibility index (Phi) is 5.67. The average molecular weight is 455 g/mol. The van der Waals surface area contributed by atoms with Gasteiger partial charge in [-0.2, -0.15) is 38.7 Å². The standard InChI is InChI=1S/C21H31N10P/c1-9-28(10-2)20-22-21(29-17(6)11-14(3)23-29)27-32(26-20,30-18(7)12-15(4)24-30)31-19(8)13-16(5)25-31/h11-13H,9-10H2,1-8H3. The molecule has 0 saturated heterocycles. The number of hydrogen-bond donors (Lipinski definition) is 0. The van der Waals surface area contributed by atoms with E-state index in [0.29, 0.717) is 11.9 Å². The van der Waals surface area contributed by atoms with E-state index < -0.39 is 7.51 Å². The first kappa shape index (κ1) is 22.2. The molecule has 3 aromatic heterocycles. The van der Waals surface area contributed by atoms with Crippen LogP contribution in [0.15, 0.2) is 32.7 Å². The molecule has 32 heavy (non-hydrogen) atoms. The molecule has 11 heteroatoms. The van der Waals surface area contributed by atoms with Crippen LogP contribution in [-0.2, 0) is 0 Å². The molecule has 4 heterocycles. The fourth-order valence-corrected chi connectivity index (χ4v) is 6.79. The number of aliphatic imine (C=N–C) groups is 1. The van der Waals surface area contributed by atoms with Crippen molar-refractivity contribution < 1.29 is 0 Å². The molecular weight excluding hydrogens is 423 g/mol. The van der Waals surface area contributed by atoms with Crippen molar-refractivity contribution in [3.05, 3.63) is 52.4 Å².